The summed E-state index contributed by atoms with van der Waals surface area (Å²) in [5, 5.41) is 12.0. The fourth-order valence-electron chi connectivity index (χ4n) is 2.53. The van der Waals surface area contributed by atoms with Gasteiger partial charge in [-0.3, -0.25) is 9.59 Å². The molecule has 104 valence electrons. The van der Waals surface area contributed by atoms with Gasteiger partial charge in [0.15, 0.2) is 0 Å². The molecule has 0 bridgehead atoms. The Bertz CT molecular complexity index is 306. The van der Waals surface area contributed by atoms with Gasteiger partial charge in [-0.2, -0.15) is 0 Å². The van der Waals surface area contributed by atoms with E-state index in [0.717, 1.165) is 0 Å². The molecule has 0 heterocycles. The maximum atomic E-state index is 11.8. The molecule has 0 aromatic rings. The number of aliphatic carboxylic acids is 1. The van der Waals surface area contributed by atoms with Crippen LogP contribution in [0.5, 0.6) is 0 Å². The molecule has 0 spiro atoms. The lowest BCUT2D eigenvalue weighted by Crippen LogP contribution is -2.41. The minimum atomic E-state index is -0.990. The summed E-state index contributed by atoms with van der Waals surface area (Å²) in [7, 11) is 0. The van der Waals surface area contributed by atoms with Crippen LogP contribution in [0.3, 0.4) is 0 Å². The average Bonchev–Trinajstić information content (AvgIpc) is 2.29. The van der Waals surface area contributed by atoms with E-state index in [0.29, 0.717) is 5.92 Å². The van der Waals surface area contributed by atoms with Crippen molar-refractivity contribution >= 4 is 11.9 Å². The van der Waals surface area contributed by atoms with Crippen LogP contribution in [0.25, 0.3) is 0 Å². The lowest BCUT2D eigenvalue weighted by molar-refractivity contribution is -0.149. The van der Waals surface area contributed by atoms with Crippen LogP contribution in [0.1, 0.15) is 59.3 Å². The molecule has 18 heavy (non-hydrogen) atoms. The van der Waals surface area contributed by atoms with Crippen molar-refractivity contribution < 1.29 is 14.7 Å². The van der Waals surface area contributed by atoms with Crippen LogP contribution in [-0.4, -0.2) is 23.0 Å². The maximum Gasteiger partial charge on any atom is 0.309 e. The van der Waals surface area contributed by atoms with Crippen LogP contribution < -0.4 is 5.32 Å². The second-order valence-electron chi connectivity index (χ2n) is 6.12. The summed E-state index contributed by atoms with van der Waals surface area (Å²) in [6.07, 6.45) is 6.16. The second kappa shape index (κ2) is 6.21. The number of amides is 1. The van der Waals surface area contributed by atoms with Gasteiger partial charge in [-0.1, -0.05) is 19.3 Å². The second-order valence-corrected chi connectivity index (χ2v) is 6.12. The van der Waals surface area contributed by atoms with E-state index in [2.05, 4.69) is 5.32 Å². The molecule has 1 amide bonds. The standard InChI is InChI=1S/C14H25NO3/c1-10(11-7-5-4-6-8-11)15-12(16)9-14(2,3)13(17)18/h10-11H,4-9H2,1-3H3,(H,15,16)(H,17,18). The summed E-state index contributed by atoms with van der Waals surface area (Å²) in [5.74, 6) is -0.529. The molecule has 0 aromatic heterocycles. The number of carboxylic acids is 1. The molecule has 1 unspecified atom stereocenters. The number of carbonyl (C=O) groups is 2. The van der Waals surface area contributed by atoms with Gasteiger partial charge in [0, 0.05) is 12.5 Å². The summed E-state index contributed by atoms with van der Waals surface area (Å²) in [5.41, 5.74) is -0.990. The Hall–Kier alpha value is -1.06. The number of carboxylic acid groups (broad SMARTS) is 1. The maximum absolute atomic E-state index is 11.8. The predicted molar refractivity (Wildman–Crippen MR) is 70.2 cm³/mol. The number of rotatable bonds is 5. The molecular weight excluding hydrogens is 230 g/mol. The lowest BCUT2D eigenvalue weighted by atomic mass is 9.84. The fourth-order valence-corrected chi connectivity index (χ4v) is 2.53. The van der Waals surface area contributed by atoms with Gasteiger partial charge in [0.1, 0.15) is 0 Å². The molecule has 0 aliphatic heterocycles. The topological polar surface area (TPSA) is 66.4 Å². The van der Waals surface area contributed by atoms with Crippen molar-refractivity contribution in [2.24, 2.45) is 11.3 Å². The van der Waals surface area contributed by atoms with E-state index >= 15 is 0 Å². The molecule has 1 rings (SSSR count). The quantitative estimate of drug-likeness (QED) is 0.793. The van der Waals surface area contributed by atoms with E-state index in [1.807, 2.05) is 6.92 Å². The zero-order valence-electron chi connectivity index (χ0n) is 11.7. The molecule has 1 atom stereocenters. The molecule has 4 nitrogen and oxygen atoms in total. The highest BCUT2D eigenvalue weighted by atomic mass is 16.4. The molecular formula is C14H25NO3. The van der Waals surface area contributed by atoms with Crippen LogP contribution in [-0.2, 0) is 9.59 Å². The molecule has 4 heteroatoms. The van der Waals surface area contributed by atoms with Gasteiger partial charge in [0.25, 0.3) is 0 Å². The summed E-state index contributed by atoms with van der Waals surface area (Å²) >= 11 is 0. The van der Waals surface area contributed by atoms with E-state index in [1.165, 1.54) is 32.1 Å². The number of hydrogen-bond acceptors (Lipinski definition) is 2. The Morgan fingerprint density at radius 3 is 2.33 bits per heavy atom. The number of nitrogens with one attached hydrogen (secondary N) is 1. The lowest BCUT2D eigenvalue weighted by Gasteiger charge is -2.29. The summed E-state index contributed by atoms with van der Waals surface area (Å²) < 4.78 is 0. The molecule has 0 saturated heterocycles. The van der Waals surface area contributed by atoms with Crippen molar-refractivity contribution in [3.8, 4) is 0 Å². The fraction of sp³-hybridized carbons (Fsp3) is 0.857. The van der Waals surface area contributed by atoms with Crippen molar-refractivity contribution in [2.45, 2.75) is 65.3 Å². The van der Waals surface area contributed by atoms with E-state index in [-0.39, 0.29) is 18.4 Å². The zero-order valence-corrected chi connectivity index (χ0v) is 11.7. The van der Waals surface area contributed by atoms with E-state index in [1.54, 1.807) is 13.8 Å². The molecule has 0 radical (unpaired) electrons. The third-order valence-electron chi connectivity index (χ3n) is 3.93. The smallest absolute Gasteiger partial charge is 0.309 e. The minimum absolute atomic E-state index is 0.0411. The average molecular weight is 255 g/mol. The first-order chi connectivity index (χ1) is 8.33. The summed E-state index contributed by atoms with van der Waals surface area (Å²) in [4.78, 5) is 22.8. The van der Waals surface area contributed by atoms with Crippen molar-refractivity contribution in [3.05, 3.63) is 0 Å². The summed E-state index contributed by atoms with van der Waals surface area (Å²) in [6, 6.07) is 0.155. The number of carbonyl (C=O) groups excluding carboxylic acids is 1. The van der Waals surface area contributed by atoms with Crippen LogP contribution in [0.15, 0.2) is 0 Å². The highest BCUT2D eigenvalue weighted by Crippen LogP contribution is 2.27. The van der Waals surface area contributed by atoms with E-state index in [9.17, 15) is 9.59 Å². The summed E-state index contributed by atoms with van der Waals surface area (Å²) in [6.45, 7) is 5.20. The van der Waals surface area contributed by atoms with Crippen molar-refractivity contribution in [3.63, 3.8) is 0 Å². The molecule has 1 saturated carbocycles. The number of hydrogen-bond donors (Lipinski definition) is 2. The van der Waals surface area contributed by atoms with Gasteiger partial charge in [-0.15, -0.1) is 0 Å². The zero-order chi connectivity index (χ0) is 13.8. The van der Waals surface area contributed by atoms with Gasteiger partial charge >= 0.3 is 5.97 Å². The van der Waals surface area contributed by atoms with Crippen LogP contribution in [0.4, 0.5) is 0 Å². The van der Waals surface area contributed by atoms with E-state index in [4.69, 9.17) is 5.11 Å². The largest absolute Gasteiger partial charge is 0.481 e. The SMILES string of the molecule is CC(NC(=O)CC(C)(C)C(=O)O)C1CCCCC1. The first-order valence-electron chi connectivity index (χ1n) is 6.85. The highest BCUT2D eigenvalue weighted by molar-refractivity contribution is 5.84. The van der Waals surface area contributed by atoms with Crippen LogP contribution >= 0.6 is 0 Å². The Kier molecular flexibility index (Phi) is 5.17. The Balaban J connectivity index is 2.41. The normalized spacial score (nSPS) is 19.3. The van der Waals surface area contributed by atoms with Gasteiger partial charge in [-0.05, 0) is 39.5 Å². The van der Waals surface area contributed by atoms with Gasteiger partial charge in [0.05, 0.1) is 5.41 Å². The van der Waals surface area contributed by atoms with Gasteiger partial charge in [0.2, 0.25) is 5.91 Å². The Morgan fingerprint density at radius 2 is 1.83 bits per heavy atom. The first kappa shape index (κ1) is 15.0. The molecule has 1 aliphatic rings. The van der Waals surface area contributed by atoms with Crippen molar-refractivity contribution in [1.82, 2.24) is 5.32 Å². The van der Waals surface area contributed by atoms with Crippen molar-refractivity contribution in [1.29, 1.82) is 0 Å². The van der Waals surface area contributed by atoms with E-state index < -0.39 is 11.4 Å². The molecule has 0 aromatic carbocycles. The van der Waals surface area contributed by atoms with Crippen LogP contribution in [0, 0.1) is 11.3 Å². The van der Waals surface area contributed by atoms with Crippen molar-refractivity contribution in [2.75, 3.05) is 0 Å². The molecule has 2 N–H and O–H groups in total. The Morgan fingerprint density at radius 1 is 1.28 bits per heavy atom. The third kappa shape index (κ3) is 4.31. The Labute approximate surface area is 109 Å². The van der Waals surface area contributed by atoms with Gasteiger partial charge < -0.3 is 10.4 Å². The monoisotopic (exact) mass is 255 g/mol. The van der Waals surface area contributed by atoms with Crippen LogP contribution in [0.2, 0.25) is 0 Å². The highest BCUT2D eigenvalue weighted by Gasteiger charge is 2.31. The predicted octanol–water partition coefficient (Wildman–Crippen LogP) is 2.57. The first-order valence-corrected chi connectivity index (χ1v) is 6.85. The van der Waals surface area contributed by atoms with Gasteiger partial charge in [-0.25, -0.2) is 0 Å². The molecule has 1 fully saturated rings. The third-order valence-corrected chi connectivity index (χ3v) is 3.93. The molecule has 1 aliphatic carbocycles. The minimum Gasteiger partial charge on any atom is -0.481 e.